The lowest BCUT2D eigenvalue weighted by molar-refractivity contribution is -0.116. The highest BCUT2D eigenvalue weighted by molar-refractivity contribution is 5.94. The molecule has 140 valence electrons. The zero-order valence-corrected chi connectivity index (χ0v) is 16.3. The fourth-order valence-electron chi connectivity index (χ4n) is 6.52. The van der Waals surface area contributed by atoms with Crippen LogP contribution in [0, 0.1) is 18.8 Å². The zero-order chi connectivity index (χ0) is 17.9. The Morgan fingerprint density at radius 3 is 2.65 bits per heavy atom. The van der Waals surface area contributed by atoms with Crippen molar-refractivity contribution in [2.75, 3.05) is 24.5 Å². The minimum atomic E-state index is 0.193. The minimum Gasteiger partial charge on any atom is -0.311 e. The van der Waals surface area contributed by atoms with Crippen molar-refractivity contribution >= 4 is 11.6 Å². The average molecular weight is 353 g/mol. The maximum Gasteiger partial charge on any atom is 0.223 e. The summed E-state index contributed by atoms with van der Waals surface area (Å²) in [5.74, 6) is 2.22. The van der Waals surface area contributed by atoms with E-state index in [1.807, 2.05) is 4.90 Å². The molecule has 2 heterocycles. The van der Waals surface area contributed by atoms with Crippen LogP contribution in [-0.2, 0) is 10.2 Å². The average Bonchev–Trinajstić information content (AvgIpc) is 2.92. The zero-order valence-electron chi connectivity index (χ0n) is 16.3. The number of hydrogen-bond donors (Lipinski definition) is 0. The third kappa shape index (κ3) is 2.46. The van der Waals surface area contributed by atoms with Crippen molar-refractivity contribution in [3.05, 3.63) is 29.3 Å². The second-order valence-corrected chi connectivity index (χ2v) is 9.45. The molecule has 1 aromatic rings. The molecule has 3 atom stereocenters. The Balaban J connectivity index is 1.34. The van der Waals surface area contributed by atoms with Gasteiger partial charge in [-0.2, -0.15) is 0 Å². The molecular weight excluding hydrogens is 320 g/mol. The highest BCUT2D eigenvalue weighted by Gasteiger charge is 2.50. The van der Waals surface area contributed by atoms with Crippen LogP contribution in [0.15, 0.2) is 18.2 Å². The number of rotatable bonds is 1. The van der Waals surface area contributed by atoms with E-state index in [0.29, 0.717) is 0 Å². The maximum atomic E-state index is 12.2. The number of likely N-dealkylation sites (tertiary alicyclic amines) is 1. The molecule has 0 N–H and O–H groups in total. The monoisotopic (exact) mass is 352 g/mol. The lowest BCUT2D eigenvalue weighted by atomic mass is 9.61. The van der Waals surface area contributed by atoms with Crippen molar-refractivity contribution in [1.29, 1.82) is 0 Å². The van der Waals surface area contributed by atoms with E-state index in [4.69, 9.17) is 0 Å². The SMILES string of the molecule is CC(=O)N1CC2(CCN(C3CC4CCCCC43)CC2)c2cc(C)ccc21. The van der Waals surface area contributed by atoms with Crippen LogP contribution in [0.25, 0.3) is 0 Å². The lowest BCUT2D eigenvalue weighted by Gasteiger charge is -2.55. The van der Waals surface area contributed by atoms with Crippen molar-refractivity contribution in [2.45, 2.75) is 70.3 Å². The van der Waals surface area contributed by atoms with E-state index < -0.39 is 0 Å². The van der Waals surface area contributed by atoms with E-state index in [-0.39, 0.29) is 11.3 Å². The smallest absolute Gasteiger partial charge is 0.223 e. The first kappa shape index (κ1) is 16.8. The van der Waals surface area contributed by atoms with Gasteiger partial charge in [-0.05, 0) is 69.2 Å². The highest BCUT2D eigenvalue weighted by Crippen LogP contribution is 2.51. The van der Waals surface area contributed by atoms with Crippen LogP contribution in [0.2, 0.25) is 0 Å². The molecule has 1 spiro atoms. The molecule has 2 aliphatic heterocycles. The van der Waals surface area contributed by atoms with Gasteiger partial charge >= 0.3 is 0 Å². The standard InChI is InChI=1S/C23H32N2O/c1-16-7-8-21-20(13-16)23(15-25(21)17(2)26)9-11-24(12-10-23)22-14-18-5-3-4-6-19(18)22/h7-8,13,18-19,22H,3-6,9-12,14-15H2,1-2H3. The Morgan fingerprint density at radius 2 is 1.92 bits per heavy atom. The minimum absolute atomic E-state index is 0.193. The molecule has 1 saturated heterocycles. The molecule has 1 aromatic carbocycles. The maximum absolute atomic E-state index is 12.2. The van der Waals surface area contributed by atoms with Crippen LogP contribution in [0.3, 0.4) is 0 Å². The summed E-state index contributed by atoms with van der Waals surface area (Å²) in [6.07, 6.45) is 9.75. The molecule has 3 fully saturated rings. The number of piperidine rings is 1. The van der Waals surface area contributed by atoms with Gasteiger partial charge in [0, 0.05) is 30.6 Å². The molecule has 1 amide bonds. The molecule has 0 bridgehead atoms. The van der Waals surface area contributed by atoms with Crippen LogP contribution in [0.4, 0.5) is 5.69 Å². The largest absolute Gasteiger partial charge is 0.311 e. The van der Waals surface area contributed by atoms with E-state index >= 15 is 0 Å². The number of fused-ring (bicyclic) bond motifs is 3. The van der Waals surface area contributed by atoms with Gasteiger partial charge in [-0.1, -0.05) is 37.0 Å². The van der Waals surface area contributed by atoms with Crippen LogP contribution in [-0.4, -0.2) is 36.5 Å². The molecule has 3 unspecified atom stereocenters. The topological polar surface area (TPSA) is 23.6 Å². The number of benzene rings is 1. The Hall–Kier alpha value is -1.35. The summed E-state index contributed by atoms with van der Waals surface area (Å²) in [6, 6.07) is 7.54. The number of carbonyl (C=O) groups is 1. The molecule has 3 nitrogen and oxygen atoms in total. The third-order valence-electron chi connectivity index (χ3n) is 8.09. The summed E-state index contributed by atoms with van der Waals surface area (Å²) in [7, 11) is 0. The molecule has 5 rings (SSSR count). The number of aryl methyl sites for hydroxylation is 1. The van der Waals surface area contributed by atoms with Crippen LogP contribution < -0.4 is 4.90 Å². The summed E-state index contributed by atoms with van der Waals surface area (Å²) in [6.45, 7) is 7.22. The molecule has 2 aliphatic carbocycles. The predicted molar refractivity (Wildman–Crippen MR) is 106 cm³/mol. The Labute approximate surface area is 157 Å². The van der Waals surface area contributed by atoms with E-state index in [0.717, 1.165) is 24.4 Å². The van der Waals surface area contributed by atoms with Crippen molar-refractivity contribution < 1.29 is 4.79 Å². The Morgan fingerprint density at radius 1 is 1.15 bits per heavy atom. The number of nitrogens with zero attached hydrogens (tertiary/aromatic N) is 2. The quantitative estimate of drug-likeness (QED) is 0.753. The third-order valence-corrected chi connectivity index (χ3v) is 8.09. The van der Waals surface area contributed by atoms with Crippen molar-refractivity contribution in [2.24, 2.45) is 11.8 Å². The summed E-state index contributed by atoms with van der Waals surface area (Å²) < 4.78 is 0. The summed E-state index contributed by atoms with van der Waals surface area (Å²) in [5, 5.41) is 0. The number of anilines is 1. The van der Waals surface area contributed by atoms with Gasteiger partial charge in [0.2, 0.25) is 5.91 Å². The van der Waals surface area contributed by atoms with Gasteiger partial charge in [0.25, 0.3) is 0 Å². The Kier molecular flexibility index (Phi) is 3.93. The second-order valence-electron chi connectivity index (χ2n) is 9.45. The van der Waals surface area contributed by atoms with Crippen LogP contribution >= 0.6 is 0 Å². The molecule has 0 aromatic heterocycles. The van der Waals surface area contributed by atoms with E-state index in [9.17, 15) is 4.79 Å². The van der Waals surface area contributed by atoms with E-state index in [2.05, 4.69) is 30.0 Å². The van der Waals surface area contributed by atoms with Crippen LogP contribution in [0.1, 0.15) is 63.0 Å². The summed E-state index contributed by atoms with van der Waals surface area (Å²) in [5.41, 5.74) is 4.13. The fraction of sp³-hybridized carbons (Fsp3) is 0.696. The normalized spacial score (nSPS) is 32.8. The fourth-order valence-corrected chi connectivity index (χ4v) is 6.52. The molecule has 2 saturated carbocycles. The van der Waals surface area contributed by atoms with Gasteiger partial charge in [-0.25, -0.2) is 0 Å². The number of carbonyl (C=O) groups excluding carboxylic acids is 1. The van der Waals surface area contributed by atoms with Crippen molar-refractivity contribution in [1.82, 2.24) is 4.90 Å². The molecular formula is C23H32N2O. The van der Waals surface area contributed by atoms with Gasteiger partial charge in [-0.15, -0.1) is 0 Å². The van der Waals surface area contributed by atoms with Crippen molar-refractivity contribution in [3.63, 3.8) is 0 Å². The van der Waals surface area contributed by atoms with Gasteiger partial charge in [0.15, 0.2) is 0 Å². The highest BCUT2D eigenvalue weighted by atomic mass is 16.2. The molecule has 3 heteroatoms. The van der Waals surface area contributed by atoms with Gasteiger partial charge in [0.05, 0.1) is 0 Å². The van der Waals surface area contributed by atoms with E-state index in [1.165, 1.54) is 74.8 Å². The first-order valence-corrected chi connectivity index (χ1v) is 10.7. The van der Waals surface area contributed by atoms with Gasteiger partial charge < -0.3 is 9.80 Å². The lowest BCUT2D eigenvalue weighted by Crippen LogP contribution is -2.57. The Bertz CT molecular complexity index is 719. The number of amides is 1. The first-order valence-electron chi connectivity index (χ1n) is 10.7. The van der Waals surface area contributed by atoms with Crippen molar-refractivity contribution in [3.8, 4) is 0 Å². The molecule has 26 heavy (non-hydrogen) atoms. The van der Waals surface area contributed by atoms with Gasteiger partial charge in [-0.3, -0.25) is 4.79 Å². The van der Waals surface area contributed by atoms with E-state index in [1.54, 1.807) is 6.92 Å². The second kappa shape index (κ2) is 6.09. The molecule has 0 radical (unpaired) electrons. The number of hydrogen-bond acceptors (Lipinski definition) is 2. The first-order chi connectivity index (χ1) is 12.6. The predicted octanol–water partition coefficient (Wildman–Crippen LogP) is 4.27. The summed E-state index contributed by atoms with van der Waals surface area (Å²) >= 11 is 0. The molecule has 4 aliphatic rings. The summed E-state index contributed by atoms with van der Waals surface area (Å²) in [4.78, 5) is 17.1. The van der Waals surface area contributed by atoms with Crippen LogP contribution in [0.5, 0.6) is 0 Å². The van der Waals surface area contributed by atoms with Gasteiger partial charge in [0.1, 0.15) is 0 Å².